The van der Waals surface area contributed by atoms with Crippen molar-refractivity contribution in [1.82, 2.24) is 5.32 Å². The molecular formula is C9H19NO3. The molecule has 0 aliphatic carbocycles. The Bertz CT molecular complexity index is 159. The van der Waals surface area contributed by atoms with Crippen LogP contribution >= 0.6 is 0 Å². The number of aliphatic carboxylic acids is 1. The molecule has 0 aliphatic heterocycles. The summed E-state index contributed by atoms with van der Waals surface area (Å²) in [6.45, 7) is 6.19. The molecule has 3 N–H and O–H groups in total. The largest absolute Gasteiger partial charge is 0.480 e. The quantitative estimate of drug-likeness (QED) is 0.562. The number of aliphatic hydroxyl groups is 1. The normalized spacial score (nSPS) is 15.8. The molecule has 4 nitrogen and oxygen atoms in total. The van der Waals surface area contributed by atoms with Crippen molar-refractivity contribution in [3.05, 3.63) is 0 Å². The Morgan fingerprint density at radius 2 is 1.92 bits per heavy atom. The highest BCUT2D eigenvalue weighted by atomic mass is 16.4. The van der Waals surface area contributed by atoms with Gasteiger partial charge in [-0.2, -0.15) is 0 Å². The van der Waals surface area contributed by atoms with Gasteiger partial charge in [0.25, 0.3) is 0 Å². The van der Waals surface area contributed by atoms with E-state index >= 15 is 0 Å². The molecule has 0 saturated heterocycles. The second kappa shape index (κ2) is 5.94. The fourth-order valence-electron chi connectivity index (χ4n) is 1.00. The van der Waals surface area contributed by atoms with Crippen LogP contribution < -0.4 is 5.32 Å². The minimum absolute atomic E-state index is 0.0587. The molecule has 78 valence electrons. The summed E-state index contributed by atoms with van der Waals surface area (Å²) in [5.41, 5.74) is 0. The summed E-state index contributed by atoms with van der Waals surface area (Å²) in [4.78, 5) is 10.7. The van der Waals surface area contributed by atoms with Crippen LogP contribution in [-0.4, -0.2) is 35.4 Å². The first-order valence-corrected chi connectivity index (χ1v) is 4.56. The molecule has 0 spiro atoms. The van der Waals surface area contributed by atoms with E-state index in [4.69, 9.17) is 10.2 Å². The third kappa shape index (κ3) is 4.85. The van der Waals surface area contributed by atoms with E-state index in [0.717, 1.165) is 0 Å². The maximum absolute atomic E-state index is 10.7. The molecule has 0 heterocycles. The lowest BCUT2D eigenvalue weighted by Gasteiger charge is -2.19. The number of hydrogen-bond acceptors (Lipinski definition) is 3. The van der Waals surface area contributed by atoms with Crippen LogP contribution in [0, 0.1) is 11.8 Å². The zero-order chi connectivity index (χ0) is 10.4. The number of carbonyl (C=O) groups is 1. The fourth-order valence-corrected chi connectivity index (χ4v) is 1.00. The van der Waals surface area contributed by atoms with Gasteiger partial charge in [-0.05, 0) is 11.8 Å². The van der Waals surface area contributed by atoms with Crippen molar-refractivity contribution >= 4 is 5.97 Å². The fraction of sp³-hybridized carbons (Fsp3) is 0.889. The first-order valence-electron chi connectivity index (χ1n) is 4.56. The number of carboxylic acids is 1. The van der Waals surface area contributed by atoms with Gasteiger partial charge in [0.05, 0.1) is 0 Å². The standard InChI is InChI=1S/C9H19NO3/c1-6(2)8(9(12)13)10-4-7(3)5-11/h6-8,10-11H,4-5H2,1-3H3,(H,12,13). The molecule has 4 heteroatoms. The van der Waals surface area contributed by atoms with E-state index < -0.39 is 12.0 Å². The molecule has 0 aromatic rings. The first-order chi connectivity index (χ1) is 5.99. The number of hydrogen-bond donors (Lipinski definition) is 3. The Morgan fingerprint density at radius 3 is 2.23 bits per heavy atom. The van der Waals surface area contributed by atoms with Gasteiger partial charge in [0, 0.05) is 13.2 Å². The molecular weight excluding hydrogens is 170 g/mol. The highest BCUT2D eigenvalue weighted by molar-refractivity contribution is 5.73. The number of aliphatic hydroxyl groups excluding tert-OH is 1. The molecule has 0 saturated carbocycles. The molecule has 2 unspecified atom stereocenters. The predicted molar refractivity (Wildman–Crippen MR) is 50.5 cm³/mol. The van der Waals surface area contributed by atoms with E-state index in [9.17, 15) is 4.79 Å². The van der Waals surface area contributed by atoms with Gasteiger partial charge in [-0.25, -0.2) is 0 Å². The van der Waals surface area contributed by atoms with Gasteiger partial charge >= 0.3 is 5.97 Å². The summed E-state index contributed by atoms with van der Waals surface area (Å²) in [5, 5.41) is 20.5. The zero-order valence-corrected chi connectivity index (χ0v) is 8.45. The number of nitrogens with one attached hydrogen (secondary N) is 1. The highest BCUT2D eigenvalue weighted by Gasteiger charge is 2.20. The Morgan fingerprint density at radius 1 is 1.38 bits per heavy atom. The molecule has 2 atom stereocenters. The van der Waals surface area contributed by atoms with E-state index in [1.165, 1.54) is 0 Å². The lowest BCUT2D eigenvalue weighted by Crippen LogP contribution is -2.43. The van der Waals surface area contributed by atoms with Crippen LogP contribution in [-0.2, 0) is 4.79 Å². The zero-order valence-electron chi connectivity index (χ0n) is 8.45. The minimum atomic E-state index is -0.833. The van der Waals surface area contributed by atoms with Crippen LogP contribution in [0.4, 0.5) is 0 Å². The monoisotopic (exact) mass is 189 g/mol. The maximum atomic E-state index is 10.7. The molecule has 0 amide bonds. The van der Waals surface area contributed by atoms with Gasteiger partial charge in [-0.1, -0.05) is 20.8 Å². The van der Waals surface area contributed by atoms with Crippen LogP contribution in [0.1, 0.15) is 20.8 Å². The Balaban J connectivity index is 3.90. The first kappa shape index (κ1) is 12.4. The maximum Gasteiger partial charge on any atom is 0.320 e. The van der Waals surface area contributed by atoms with E-state index in [0.29, 0.717) is 6.54 Å². The molecule has 0 aromatic heterocycles. The van der Waals surface area contributed by atoms with Crippen LogP contribution in [0.3, 0.4) is 0 Å². The molecule has 0 aromatic carbocycles. The van der Waals surface area contributed by atoms with Gasteiger partial charge in [0.15, 0.2) is 0 Å². The third-order valence-electron chi connectivity index (χ3n) is 1.93. The van der Waals surface area contributed by atoms with Crippen LogP contribution in [0.15, 0.2) is 0 Å². The molecule has 13 heavy (non-hydrogen) atoms. The van der Waals surface area contributed by atoms with Gasteiger partial charge in [0.2, 0.25) is 0 Å². The van der Waals surface area contributed by atoms with E-state index in [1.807, 2.05) is 20.8 Å². The van der Waals surface area contributed by atoms with Gasteiger partial charge < -0.3 is 15.5 Å². The minimum Gasteiger partial charge on any atom is -0.480 e. The van der Waals surface area contributed by atoms with Gasteiger partial charge in [0.1, 0.15) is 6.04 Å². The number of carboxylic acid groups (broad SMARTS) is 1. The summed E-state index contributed by atoms with van der Waals surface area (Å²) in [6, 6.07) is -0.519. The van der Waals surface area contributed by atoms with Gasteiger partial charge in [-0.15, -0.1) is 0 Å². The SMILES string of the molecule is CC(CO)CNC(C(=O)O)C(C)C. The third-order valence-corrected chi connectivity index (χ3v) is 1.93. The van der Waals surface area contributed by atoms with E-state index in [2.05, 4.69) is 5.32 Å². The van der Waals surface area contributed by atoms with E-state index in [1.54, 1.807) is 0 Å². The molecule has 0 rings (SSSR count). The van der Waals surface area contributed by atoms with Crippen molar-refractivity contribution in [2.45, 2.75) is 26.8 Å². The summed E-state index contributed by atoms with van der Waals surface area (Å²) in [6.07, 6.45) is 0. The van der Waals surface area contributed by atoms with Crippen molar-refractivity contribution in [2.75, 3.05) is 13.2 Å². The lowest BCUT2D eigenvalue weighted by molar-refractivity contribution is -0.140. The second-order valence-corrected chi connectivity index (χ2v) is 3.76. The number of rotatable bonds is 6. The van der Waals surface area contributed by atoms with Crippen molar-refractivity contribution in [3.63, 3.8) is 0 Å². The average Bonchev–Trinajstić information content (AvgIpc) is 2.03. The van der Waals surface area contributed by atoms with Crippen LogP contribution in [0.25, 0.3) is 0 Å². The highest BCUT2D eigenvalue weighted by Crippen LogP contribution is 2.02. The van der Waals surface area contributed by atoms with Crippen molar-refractivity contribution in [3.8, 4) is 0 Å². The Kier molecular flexibility index (Phi) is 5.66. The van der Waals surface area contributed by atoms with Crippen molar-refractivity contribution < 1.29 is 15.0 Å². The molecule has 0 bridgehead atoms. The van der Waals surface area contributed by atoms with Crippen molar-refractivity contribution in [2.24, 2.45) is 11.8 Å². The summed E-state index contributed by atoms with van der Waals surface area (Å²) in [5.74, 6) is -0.677. The van der Waals surface area contributed by atoms with E-state index in [-0.39, 0.29) is 18.4 Å². The summed E-state index contributed by atoms with van der Waals surface area (Å²) >= 11 is 0. The summed E-state index contributed by atoms with van der Waals surface area (Å²) in [7, 11) is 0. The second-order valence-electron chi connectivity index (χ2n) is 3.76. The Labute approximate surface area is 79.0 Å². The lowest BCUT2D eigenvalue weighted by atomic mass is 10.0. The van der Waals surface area contributed by atoms with Gasteiger partial charge in [-0.3, -0.25) is 4.79 Å². The topological polar surface area (TPSA) is 69.6 Å². The summed E-state index contributed by atoms with van der Waals surface area (Å²) < 4.78 is 0. The molecule has 0 radical (unpaired) electrons. The smallest absolute Gasteiger partial charge is 0.320 e. The Hall–Kier alpha value is -0.610. The van der Waals surface area contributed by atoms with Crippen LogP contribution in [0.2, 0.25) is 0 Å². The molecule has 0 aliphatic rings. The average molecular weight is 189 g/mol. The predicted octanol–water partition coefficient (Wildman–Crippen LogP) is 0.314. The van der Waals surface area contributed by atoms with Crippen molar-refractivity contribution in [1.29, 1.82) is 0 Å². The van der Waals surface area contributed by atoms with Crippen LogP contribution in [0.5, 0.6) is 0 Å². The molecule has 0 fully saturated rings.